The zero-order valence-corrected chi connectivity index (χ0v) is 10.8. The molecule has 0 bridgehead atoms. The molecule has 1 atom stereocenters. The van der Waals surface area contributed by atoms with E-state index in [1.807, 2.05) is 13.2 Å². The van der Waals surface area contributed by atoms with Crippen LogP contribution in [-0.2, 0) is 0 Å². The highest BCUT2D eigenvalue weighted by molar-refractivity contribution is 8.25. The summed E-state index contributed by atoms with van der Waals surface area (Å²) < 4.78 is 0. The molecule has 1 aliphatic rings. The van der Waals surface area contributed by atoms with Gasteiger partial charge in [0.15, 0.2) is 0 Å². The molecule has 0 fully saturated rings. The van der Waals surface area contributed by atoms with Gasteiger partial charge in [-0.05, 0) is 25.3 Å². The third-order valence-corrected chi connectivity index (χ3v) is 3.82. The van der Waals surface area contributed by atoms with Gasteiger partial charge in [-0.3, -0.25) is 0 Å². The number of allylic oxidation sites excluding steroid dienone is 2. The third kappa shape index (κ3) is 3.40. The SMILES string of the molecule is CS/C(=N\CO)C1=N/C(=C/C=C/O)C(C)S1. The Hall–Kier alpha value is -0.720. The Morgan fingerprint density at radius 3 is 3.00 bits per heavy atom. The fraction of sp³-hybridized carbons (Fsp3) is 0.400. The van der Waals surface area contributed by atoms with Crippen LogP contribution in [0.1, 0.15) is 6.92 Å². The van der Waals surface area contributed by atoms with Gasteiger partial charge in [-0.1, -0.05) is 11.8 Å². The fourth-order valence-corrected chi connectivity index (χ4v) is 2.87. The normalized spacial score (nSPS) is 24.4. The molecule has 0 radical (unpaired) electrons. The monoisotopic (exact) mass is 258 g/mol. The maximum atomic E-state index is 8.78. The van der Waals surface area contributed by atoms with Gasteiger partial charge in [-0.15, -0.1) is 11.8 Å². The maximum Gasteiger partial charge on any atom is 0.135 e. The van der Waals surface area contributed by atoms with Crippen molar-refractivity contribution in [1.82, 2.24) is 0 Å². The molecule has 1 unspecified atom stereocenters. The Morgan fingerprint density at radius 1 is 1.69 bits per heavy atom. The first-order chi connectivity index (χ1) is 7.72. The van der Waals surface area contributed by atoms with Crippen molar-refractivity contribution < 1.29 is 10.2 Å². The van der Waals surface area contributed by atoms with Gasteiger partial charge in [0.25, 0.3) is 0 Å². The first kappa shape index (κ1) is 13.3. The molecule has 0 saturated heterocycles. The molecule has 1 heterocycles. The minimum absolute atomic E-state index is 0.222. The largest absolute Gasteiger partial charge is 0.516 e. The molecule has 1 rings (SSSR count). The van der Waals surface area contributed by atoms with Gasteiger partial charge < -0.3 is 10.2 Å². The van der Waals surface area contributed by atoms with Gasteiger partial charge >= 0.3 is 0 Å². The second-order valence-electron chi connectivity index (χ2n) is 2.92. The molecule has 0 aliphatic carbocycles. The molecular formula is C10H14N2O2S2. The summed E-state index contributed by atoms with van der Waals surface area (Å²) >= 11 is 3.06. The van der Waals surface area contributed by atoms with Crippen molar-refractivity contribution >= 4 is 33.6 Å². The number of aliphatic hydroxyl groups excluding tert-OH is 2. The van der Waals surface area contributed by atoms with Crippen LogP contribution >= 0.6 is 23.5 Å². The Kier molecular flexibility index (Phi) is 5.65. The fourth-order valence-electron chi connectivity index (χ4n) is 1.16. The van der Waals surface area contributed by atoms with Gasteiger partial charge in [-0.2, -0.15) is 0 Å². The lowest BCUT2D eigenvalue weighted by atomic mass is 10.3. The van der Waals surface area contributed by atoms with E-state index in [4.69, 9.17) is 10.2 Å². The number of hydrogen-bond donors (Lipinski definition) is 2. The molecule has 4 nitrogen and oxygen atoms in total. The lowest BCUT2D eigenvalue weighted by molar-refractivity contribution is 0.310. The molecule has 2 N–H and O–H groups in total. The van der Waals surface area contributed by atoms with Gasteiger partial charge in [0.1, 0.15) is 16.8 Å². The summed E-state index contributed by atoms with van der Waals surface area (Å²) in [6.45, 7) is 1.81. The van der Waals surface area contributed by atoms with Gasteiger partial charge in [-0.25, -0.2) is 9.98 Å². The highest BCUT2D eigenvalue weighted by Gasteiger charge is 2.23. The summed E-state index contributed by atoms with van der Waals surface area (Å²) in [4.78, 5) is 8.37. The number of aliphatic imine (C=N–C) groups is 2. The summed E-state index contributed by atoms with van der Waals surface area (Å²) in [5, 5.41) is 19.2. The zero-order valence-electron chi connectivity index (χ0n) is 9.12. The van der Waals surface area contributed by atoms with Crippen molar-refractivity contribution in [3.05, 3.63) is 24.1 Å². The van der Waals surface area contributed by atoms with Gasteiger partial charge in [0, 0.05) is 0 Å². The summed E-state index contributed by atoms with van der Waals surface area (Å²) in [6.07, 6.45) is 6.19. The molecule has 0 amide bonds. The van der Waals surface area contributed by atoms with Crippen molar-refractivity contribution in [2.24, 2.45) is 9.98 Å². The molecule has 88 valence electrons. The number of nitrogens with zero attached hydrogens (tertiary/aromatic N) is 2. The molecule has 1 aliphatic heterocycles. The summed E-state index contributed by atoms with van der Waals surface area (Å²) in [6, 6.07) is 0. The third-order valence-electron chi connectivity index (χ3n) is 1.88. The molecule has 0 aromatic rings. The number of aliphatic hydroxyl groups is 2. The number of rotatable bonds is 3. The summed E-state index contributed by atoms with van der Waals surface area (Å²) in [5.74, 6) is 0. The number of hydrogen-bond acceptors (Lipinski definition) is 6. The van der Waals surface area contributed by atoms with E-state index >= 15 is 0 Å². The smallest absolute Gasteiger partial charge is 0.135 e. The van der Waals surface area contributed by atoms with Crippen LogP contribution in [0.4, 0.5) is 0 Å². The molecule has 0 aromatic heterocycles. The van der Waals surface area contributed by atoms with Crippen LogP contribution in [0.2, 0.25) is 0 Å². The van der Waals surface area contributed by atoms with E-state index in [9.17, 15) is 0 Å². The van der Waals surface area contributed by atoms with E-state index in [1.165, 1.54) is 11.8 Å². The van der Waals surface area contributed by atoms with E-state index in [1.54, 1.807) is 23.9 Å². The molecule has 0 aromatic carbocycles. The van der Waals surface area contributed by atoms with Crippen LogP contribution in [0.25, 0.3) is 0 Å². The van der Waals surface area contributed by atoms with Gasteiger partial charge in [0.05, 0.1) is 17.2 Å². The van der Waals surface area contributed by atoms with Crippen molar-refractivity contribution in [2.75, 3.05) is 13.0 Å². The Balaban J connectivity index is 2.89. The number of thioether (sulfide) groups is 2. The van der Waals surface area contributed by atoms with E-state index in [0.717, 1.165) is 22.0 Å². The van der Waals surface area contributed by atoms with E-state index in [0.29, 0.717) is 0 Å². The highest BCUT2D eigenvalue weighted by Crippen LogP contribution is 2.31. The average molecular weight is 258 g/mol. The van der Waals surface area contributed by atoms with E-state index in [2.05, 4.69) is 9.98 Å². The van der Waals surface area contributed by atoms with Crippen molar-refractivity contribution in [3.8, 4) is 0 Å². The van der Waals surface area contributed by atoms with Crippen molar-refractivity contribution in [1.29, 1.82) is 0 Å². The van der Waals surface area contributed by atoms with Crippen molar-refractivity contribution in [3.63, 3.8) is 0 Å². The standard InChI is InChI=1S/C10H14N2O2S2/c1-7-8(4-3-5-13)12-10(16-7)9(15-2)11-6-14/h3-5,7,13-14H,6H2,1-2H3/b5-3+,8-4+,11-9-. The van der Waals surface area contributed by atoms with Crippen molar-refractivity contribution in [2.45, 2.75) is 12.2 Å². The highest BCUT2D eigenvalue weighted by atomic mass is 32.2. The Bertz CT molecular complexity index is 362. The molecule has 6 heteroatoms. The lowest BCUT2D eigenvalue weighted by Crippen LogP contribution is -2.05. The maximum absolute atomic E-state index is 8.78. The second-order valence-corrected chi connectivity index (χ2v) is 5.04. The Labute approximate surface area is 103 Å². The summed E-state index contributed by atoms with van der Waals surface area (Å²) in [5.41, 5.74) is 0.894. The van der Waals surface area contributed by atoms with Crippen LogP contribution in [0, 0.1) is 0 Å². The van der Waals surface area contributed by atoms with Crippen LogP contribution in [0.5, 0.6) is 0 Å². The lowest BCUT2D eigenvalue weighted by Gasteiger charge is -2.01. The van der Waals surface area contributed by atoms with Crippen LogP contribution in [0.15, 0.2) is 34.1 Å². The minimum atomic E-state index is -0.222. The zero-order chi connectivity index (χ0) is 12.0. The first-order valence-electron chi connectivity index (χ1n) is 4.69. The molecule has 0 spiro atoms. The second kappa shape index (κ2) is 6.78. The molecule has 0 saturated carbocycles. The predicted octanol–water partition coefficient (Wildman–Crippen LogP) is 2.19. The van der Waals surface area contributed by atoms with Crippen LogP contribution in [0.3, 0.4) is 0 Å². The molecular weight excluding hydrogens is 244 g/mol. The summed E-state index contributed by atoms with van der Waals surface area (Å²) in [7, 11) is 0. The van der Waals surface area contributed by atoms with E-state index < -0.39 is 0 Å². The van der Waals surface area contributed by atoms with Crippen LogP contribution < -0.4 is 0 Å². The predicted molar refractivity (Wildman–Crippen MR) is 72.4 cm³/mol. The quantitative estimate of drug-likeness (QED) is 0.462. The van der Waals surface area contributed by atoms with E-state index in [-0.39, 0.29) is 12.0 Å². The topological polar surface area (TPSA) is 65.2 Å². The van der Waals surface area contributed by atoms with Gasteiger partial charge in [0.2, 0.25) is 0 Å². The molecule has 16 heavy (non-hydrogen) atoms. The minimum Gasteiger partial charge on any atom is -0.516 e. The van der Waals surface area contributed by atoms with Crippen LogP contribution in [-0.4, -0.2) is 38.5 Å². The first-order valence-corrected chi connectivity index (χ1v) is 6.79. The Morgan fingerprint density at radius 2 is 2.44 bits per heavy atom. The average Bonchev–Trinajstić information content (AvgIpc) is 2.64.